The lowest BCUT2D eigenvalue weighted by Crippen LogP contribution is -2.38. The molecular formula is C31H39N9O3S. The molecule has 0 bridgehead atoms. The molecule has 6 rings (SSSR count). The predicted molar refractivity (Wildman–Crippen MR) is 168 cm³/mol. The van der Waals surface area contributed by atoms with Gasteiger partial charge >= 0.3 is 6.01 Å². The minimum absolute atomic E-state index is 0.0700. The fourth-order valence-corrected chi connectivity index (χ4v) is 8.06. The third-order valence-corrected chi connectivity index (χ3v) is 10.4. The number of aryl methyl sites for hydroxylation is 1. The molecule has 12 nitrogen and oxygen atoms in total. The van der Waals surface area contributed by atoms with Crippen LogP contribution >= 0.6 is 11.3 Å². The normalized spacial score (nSPS) is 23.1. The van der Waals surface area contributed by atoms with Crippen LogP contribution in [0.2, 0.25) is 0 Å². The van der Waals surface area contributed by atoms with E-state index < -0.39 is 5.41 Å². The largest absolute Gasteiger partial charge is 0.459 e. The number of amides is 1. The van der Waals surface area contributed by atoms with Gasteiger partial charge in [-0.3, -0.25) is 9.69 Å². The number of thiophene rings is 1. The van der Waals surface area contributed by atoms with Gasteiger partial charge in [0.15, 0.2) is 0 Å². The van der Waals surface area contributed by atoms with Crippen molar-refractivity contribution in [3.63, 3.8) is 0 Å². The zero-order valence-corrected chi connectivity index (χ0v) is 26.4. The van der Waals surface area contributed by atoms with Crippen molar-refractivity contribution in [1.82, 2.24) is 29.9 Å². The standard InChI is InChI=1S/C31H39N9O3S/c1-5-25(41)40-14-8-13-39(15-16-40)24-17-21(34-30(35-24)42-19(2)22-9-7-12-38(22)4)28-36-29(43-37-28)31(3)11-6-10-23-26(31)20(18-32)27(33)44-23/h5,17,19,22H,1,6-16,33H2,2-4H3/t19-,22-,31-/m0/s1. The maximum atomic E-state index is 12.3. The van der Waals surface area contributed by atoms with E-state index in [2.05, 4.69) is 41.6 Å². The third kappa shape index (κ3) is 5.52. The van der Waals surface area contributed by atoms with E-state index in [0.29, 0.717) is 60.0 Å². The molecule has 232 valence electrons. The van der Waals surface area contributed by atoms with Gasteiger partial charge in [-0.1, -0.05) is 11.7 Å². The van der Waals surface area contributed by atoms with Gasteiger partial charge in [0.25, 0.3) is 0 Å². The number of aromatic nitrogens is 4. The minimum Gasteiger partial charge on any atom is -0.459 e. The minimum atomic E-state index is -0.638. The fourth-order valence-electron chi connectivity index (χ4n) is 6.87. The number of rotatable bonds is 7. The summed E-state index contributed by atoms with van der Waals surface area (Å²) in [4.78, 5) is 34.1. The van der Waals surface area contributed by atoms with Crippen LogP contribution in [-0.4, -0.2) is 87.7 Å². The molecule has 0 aromatic carbocycles. The van der Waals surface area contributed by atoms with Gasteiger partial charge in [0.1, 0.15) is 28.7 Å². The molecule has 0 saturated carbocycles. The summed E-state index contributed by atoms with van der Waals surface area (Å²) in [6.45, 7) is 11.3. The second-order valence-corrected chi connectivity index (χ2v) is 13.3. The third-order valence-electron chi connectivity index (χ3n) is 9.29. The fraction of sp³-hybridized carbons (Fsp3) is 0.548. The highest BCUT2D eigenvalue weighted by atomic mass is 32.1. The van der Waals surface area contributed by atoms with Crippen molar-refractivity contribution in [3.05, 3.63) is 40.6 Å². The Bertz CT molecular complexity index is 1600. The van der Waals surface area contributed by atoms with Gasteiger partial charge in [0.2, 0.25) is 17.6 Å². The van der Waals surface area contributed by atoms with Crippen molar-refractivity contribution in [1.29, 1.82) is 5.26 Å². The lowest BCUT2D eigenvalue weighted by molar-refractivity contribution is -0.125. The number of carbonyl (C=O) groups is 1. The Kier molecular flexibility index (Phi) is 8.30. The van der Waals surface area contributed by atoms with E-state index in [1.165, 1.54) is 17.4 Å². The Labute approximate surface area is 261 Å². The Hall–Kier alpha value is -4.02. The second-order valence-electron chi connectivity index (χ2n) is 12.1. The van der Waals surface area contributed by atoms with E-state index in [0.717, 1.165) is 55.5 Å². The van der Waals surface area contributed by atoms with E-state index in [9.17, 15) is 10.1 Å². The highest BCUT2D eigenvalue weighted by molar-refractivity contribution is 7.16. The zero-order chi connectivity index (χ0) is 31.0. The van der Waals surface area contributed by atoms with Crippen LogP contribution in [0.3, 0.4) is 0 Å². The van der Waals surface area contributed by atoms with Gasteiger partial charge < -0.3 is 24.8 Å². The Morgan fingerprint density at radius 2 is 2.09 bits per heavy atom. The van der Waals surface area contributed by atoms with Gasteiger partial charge in [-0.25, -0.2) is 0 Å². The number of nitrogens with zero attached hydrogens (tertiary/aromatic N) is 8. The van der Waals surface area contributed by atoms with E-state index in [-0.39, 0.29) is 24.1 Å². The first-order valence-corrected chi connectivity index (χ1v) is 16.1. The molecule has 3 atom stereocenters. The summed E-state index contributed by atoms with van der Waals surface area (Å²) in [5, 5.41) is 14.8. The topological polar surface area (TPSA) is 151 Å². The monoisotopic (exact) mass is 617 g/mol. The van der Waals surface area contributed by atoms with Crippen molar-refractivity contribution in [2.24, 2.45) is 0 Å². The van der Waals surface area contributed by atoms with E-state index in [1.807, 2.05) is 17.9 Å². The highest BCUT2D eigenvalue weighted by Gasteiger charge is 2.43. The number of nitrogens with two attached hydrogens (primary N) is 1. The molecule has 5 heterocycles. The lowest BCUT2D eigenvalue weighted by Gasteiger charge is -2.30. The molecule has 13 heteroatoms. The van der Waals surface area contributed by atoms with Crippen LogP contribution in [0.25, 0.3) is 11.5 Å². The quantitative estimate of drug-likeness (QED) is 0.386. The maximum absolute atomic E-state index is 12.3. The lowest BCUT2D eigenvalue weighted by atomic mass is 9.72. The van der Waals surface area contributed by atoms with E-state index >= 15 is 0 Å². The number of hydrogen-bond donors (Lipinski definition) is 1. The molecule has 2 aliphatic heterocycles. The number of carbonyl (C=O) groups excluding carboxylic acids is 1. The molecule has 3 aliphatic rings. The van der Waals surface area contributed by atoms with Gasteiger partial charge in [-0.15, -0.1) is 11.3 Å². The number of nitrogen functional groups attached to an aromatic ring is 1. The van der Waals surface area contributed by atoms with Gasteiger partial charge in [0.05, 0.1) is 11.0 Å². The van der Waals surface area contributed by atoms with E-state index in [1.54, 1.807) is 0 Å². The van der Waals surface area contributed by atoms with Gasteiger partial charge in [-0.05, 0) is 72.0 Å². The molecule has 1 aliphatic carbocycles. The first-order chi connectivity index (χ1) is 21.2. The molecule has 44 heavy (non-hydrogen) atoms. The van der Waals surface area contributed by atoms with Crippen molar-refractivity contribution < 1.29 is 14.1 Å². The summed E-state index contributed by atoms with van der Waals surface area (Å²) < 4.78 is 12.3. The first-order valence-electron chi connectivity index (χ1n) is 15.3. The van der Waals surface area contributed by atoms with Crippen LogP contribution in [-0.2, 0) is 16.6 Å². The van der Waals surface area contributed by atoms with Crippen LogP contribution in [0.5, 0.6) is 6.01 Å². The summed E-state index contributed by atoms with van der Waals surface area (Å²) in [6, 6.07) is 4.68. The van der Waals surface area contributed by atoms with Gasteiger partial charge in [0, 0.05) is 48.7 Å². The summed E-state index contributed by atoms with van der Waals surface area (Å²) in [5.74, 6) is 1.37. The summed E-state index contributed by atoms with van der Waals surface area (Å²) >= 11 is 1.47. The maximum Gasteiger partial charge on any atom is 0.319 e. The second kappa shape index (κ2) is 12.2. The van der Waals surface area contributed by atoms with Gasteiger partial charge in [-0.2, -0.15) is 20.2 Å². The van der Waals surface area contributed by atoms with Crippen LogP contribution in [0.4, 0.5) is 10.8 Å². The number of ether oxygens (including phenoxy) is 1. The van der Waals surface area contributed by atoms with Crippen molar-refractivity contribution in [3.8, 4) is 23.6 Å². The van der Waals surface area contributed by atoms with E-state index in [4.69, 9.17) is 29.9 Å². The number of anilines is 2. The average Bonchev–Trinajstić information content (AvgIpc) is 3.71. The Morgan fingerprint density at radius 3 is 2.84 bits per heavy atom. The Balaban J connectivity index is 1.35. The number of likely N-dealkylation sites (N-methyl/N-ethyl adjacent to an activating group) is 1. The summed E-state index contributed by atoms with van der Waals surface area (Å²) in [5.41, 5.74) is 7.48. The van der Waals surface area contributed by atoms with Crippen LogP contribution in [0.15, 0.2) is 23.2 Å². The highest BCUT2D eigenvalue weighted by Crippen LogP contribution is 2.48. The molecule has 1 amide bonds. The SMILES string of the molecule is C=CC(=O)N1CCCN(c2cc(-c3noc([C@@]4(C)CCCc5sc(N)c(C#N)c54)n3)nc(O[C@@H](C)[C@@H]3CCCN3C)n2)CC1. The predicted octanol–water partition coefficient (Wildman–Crippen LogP) is 3.77. The zero-order valence-electron chi connectivity index (χ0n) is 25.6. The van der Waals surface area contributed by atoms with Crippen molar-refractivity contribution >= 4 is 28.1 Å². The first kappa shape index (κ1) is 30.0. The molecule has 2 fully saturated rings. The molecule has 3 aromatic rings. The van der Waals surface area contributed by atoms with Crippen LogP contribution in [0.1, 0.15) is 67.8 Å². The number of hydrogen-bond acceptors (Lipinski definition) is 12. The summed E-state index contributed by atoms with van der Waals surface area (Å²) in [7, 11) is 2.12. The molecule has 0 radical (unpaired) electrons. The van der Waals surface area contributed by atoms with Crippen molar-refractivity contribution in [2.75, 3.05) is 50.4 Å². The molecule has 2 saturated heterocycles. The van der Waals surface area contributed by atoms with Crippen molar-refractivity contribution in [2.45, 2.75) is 69.9 Å². The molecular weight excluding hydrogens is 578 g/mol. The number of fused-ring (bicyclic) bond motifs is 1. The molecule has 0 spiro atoms. The number of nitriles is 1. The smallest absolute Gasteiger partial charge is 0.319 e. The van der Waals surface area contributed by atoms with Crippen LogP contribution < -0.4 is 15.4 Å². The summed E-state index contributed by atoms with van der Waals surface area (Å²) in [6.07, 6.45) is 6.77. The molecule has 2 N–H and O–H groups in total. The number of likely N-dealkylation sites (tertiary alicyclic amines) is 1. The van der Waals surface area contributed by atoms with Crippen LogP contribution in [0, 0.1) is 11.3 Å². The average molecular weight is 618 g/mol. The Morgan fingerprint density at radius 1 is 1.25 bits per heavy atom. The molecule has 3 aromatic heterocycles. The molecule has 0 unspecified atom stereocenters.